The molecule has 6 bridgehead atoms. The molecule has 16 aliphatic rings. The van der Waals surface area contributed by atoms with E-state index in [2.05, 4.69) is 24.8 Å². The van der Waals surface area contributed by atoms with E-state index in [0.717, 1.165) is 29.5 Å². The van der Waals surface area contributed by atoms with Gasteiger partial charge in [0.1, 0.15) is 0 Å². The second-order valence-corrected chi connectivity index (χ2v) is 32.9. The van der Waals surface area contributed by atoms with Gasteiger partial charge in [0.05, 0.1) is 52.6 Å². The molecule has 0 N–H and O–H groups in total. The van der Waals surface area contributed by atoms with Crippen LogP contribution < -0.4 is 28.4 Å². The Kier molecular flexibility index (Phi) is 12.3. The Morgan fingerprint density at radius 3 is 1.24 bits per heavy atom. The van der Waals surface area contributed by atoms with Crippen LogP contribution in [0.1, 0.15) is 108 Å². The van der Waals surface area contributed by atoms with Crippen molar-refractivity contribution < 1.29 is 57.2 Å². The number of hydrogen-bond acceptors (Lipinski definition) is 21. The first kappa shape index (κ1) is 56.4. The monoisotopic (exact) mass is 1260 g/mol. The minimum atomic E-state index is -1.10. The van der Waals surface area contributed by atoms with Gasteiger partial charge in [-0.25, -0.2) is 0 Å². The first-order valence-corrected chi connectivity index (χ1v) is 34.0. The molecule has 440 valence electrons. The zero-order valence-corrected chi connectivity index (χ0v) is 51.9. The van der Waals surface area contributed by atoms with Gasteiger partial charge in [0.2, 0.25) is 20.4 Å². The lowest BCUT2D eigenvalue weighted by Crippen LogP contribution is -2.75. The summed E-state index contributed by atoms with van der Waals surface area (Å²) < 4.78 is 32.7. The number of fused-ring (bicyclic) bond motifs is 9. The molecule has 15 heterocycles. The maximum Gasteiger partial charge on any atom is 0.261 e. The van der Waals surface area contributed by atoms with Crippen LogP contribution in [0.25, 0.3) is 0 Å². The molecular formula is C58H55N9O12S6. The van der Waals surface area contributed by atoms with Gasteiger partial charge in [-0.05, 0) is 107 Å². The number of nitrogens with zero attached hydrogens (tertiary/aromatic N) is 9. The fourth-order valence-corrected chi connectivity index (χ4v) is 25.2. The predicted molar refractivity (Wildman–Crippen MR) is 315 cm³/mol. The highest BCUT2D eigenvalue weighted by Gasteiger charge is 2.79. The Labute approximate surface area is 513 Å². The summed E-state index contributed by atoms with van der Waals surface area (Å²) in [7, 11) is 10.2. The molecule has 2 unspecified atom stereocenters. The number of rotatable bonds is 6. The van der Waals surface area contributed by atoms with Crippen LogP contribution >= 0.6 is 64.8 Å². The van der Waals surface area contributed by atoms with E-state index in [4.69, 9.17) is 28.4 Å². The van der Waals surface area contributed by atoms with Crippen LogP contribution in [0, 0.1) is 50.2 Å². The molecule has 12 saturated heterocycles. The van der Waals surface area contributed by atoms with Crippen molar-refractivity contribution in [2.75, 3.05) is 34.0 Å². The highest BCUT2D eigenvalue weighted by Crippen LogP contribution is 2.73. The van der Waals surface area contributed by atoms with Crippen LogP contribution in [0.3, 0.4) is 0 Å². The van der Waals surface area contributed by atoms with Crippen molar-refractivity contribution in [1.82, 2.24) is 29.4 Å². The van der Waals surface area contributed by atoms with E-state index in [9.17, 15) is 44.6 Å². The number of carbonyl (C=O) groups excluding carboxylic acids is 6. The Morgan fingerprint density at radius 2 is 0.835 bits per heavy atom. The topological polar surface area (TPSA) is 249 Å². The van der Waals surface area contributed by atoms with Crippen LogP contribution in [-0.2, 0) is 28.8 Å². The molecule has 21 nitrogen and oxygen atoms in total. The third kappa shape index (κ3) is 7.29. The Morgan fingerprint density at radius 1 is 0.482 bits per heavy atom. The van der Waals surface area contributed by atoms with Crippen molar-refractivity contribution in [2.24, 2.45) is 16.2 Å². The van der Waals surface area contributed by atoms with E-state index < -0.39 is 63.6 Å². The third-order valence-electron chi connectivity index (χ3n) is 19.0. The van der Waals surface area contributed by atoms with Crippen molar-refractivity contribution in [1.29, 1.82) is 15.8 Å². The van der Waals surface area contributed by atoms with Gasteiger partial charge < -0.3 is 57.8 Å². The van der Waals surface area contributed by atoms with Gasteiger partial charge in [-0.15, -0.1) is 6.58 Å². The highest BCUT2D eigenvalue weighted by molar-refractivity contribution is 8.79. The highest BCUT2D eigenvalue weighted by atomic mass is 33.1. The lowest BCUT2D eigenvalue weighted by atomic mass is 9.79. The molecule has 0 aromatic heterocycles. The van der Waals surface area contributed by atoms with Gasteiger partial charge in [0.15, 0.2) is 63.7 Å². The summed E-state index contributed by atoms with van der Waals surface area (Å²) in [5.41, 5.74) is -0.363. The summed E-state index contributed by atoms with van der Waals surface area (Å²) in [5, 5.41) is 30.3. The summed E-state index contributed by atoms with van der Waals surface area (Å²) in [6, 6.07) is 22.3. The summed E-state index contributed by atoms with van der Waals surface area (Å²) in [5.74, 6) is 3.11. The van der Waals surface area contributed by atoms with Crippen LogP contribution in [-0.4, -0.2) is 134 Å². The SMILES string of the molecule is C=CCN1C(=O)C23C[C@](C)(C#N)[C@H](c4ccc5c(c4)OCO5)N2C(=O)[C@@]1(C)SS3.CN1C(=O)[C@]23C[C@@](C)(C#N)[C@@H](c4ccc5c(c4)OCO5)N2C(=O)[C@@]1(C)SS3.C[C@]1(C#N)CC23SS[C@](C)(C(=O)N2[C@H]1c1ccc2c(c1)OCO2)N(C1CC1)C3=O. The summed E-state index contributed by atoms with van der Waals surface area (Å²) in [4.78, 5) is 85.5. The number of hydrogen-bond donors (Lipinski definition) is 0. The van der Waals surface area contributed by atoms with Gasteiger partial charge in [0, 0.05) is 38.9 Å². The smallest absolute Gasteiger partial charge is 0.261 e. The molecule has 3 aromatic rings. The summed E-state index contributed by atoms with van der Waals surface area (Å²) in [6.07, 6.45) is 4.39. The zero-order chi connectivity index (χ0) is 60.0. The van der Waals surface area contributed by atoms with Gasteiger partial charge in [0.25, 0.3) is 35.4 Å². The van der Waals surface area contributed by atoms with Gasteiger partial charge in [-0.3, -0.25) is 28.8 Å². The van der Waals surface area contributed by atoms with Crippen molar-refractivity contribution >= 4 is 100 Å². The Bertz CT molecular complexity index is 3730. The molecule has 15 aliphatic heterocycles. The number of nitriles is 3. The fraction of sp³-hybridized carbons (Fsp3) is 0.500. The van der Waals surface area contributed by atoms with Crippen LogP contribution in [0.2, 0.25) is 0 Å². The average Bonchev–Trinajstić information content (AvgIpc) is 1.61. The molecule has 3 spiro atoms. The number of amides is 6. The quantitative estimate of drug-likeness (QED) is 0.165. The van der Waals surface area contributed by atoms with Crippen molar-refractivity contribution in [3.63, 3.8) is 0 Å². The average molecular weight is 1260 g/mol. The lowest BCUT2D eigenvalue weighted by molar-refractivity contribution is -0.166. The van der Waals surface area contributed by atoms with Gasteiger partial charge >= 0.3 is 0 Å². The van der Waals surface area contributed by atoms with E-state index in [1.807, 2.05) is 75.1 Å². The number of carbonyl (C=O) groups is 6. The Balaban J connectivity index is 0.000000113. The molecule has 3 aromatic carbocycles. The molecular weight excluding hydrogens is 1210 g/mol. The second-order valence-electron chi connectivity index (χ2n) is 24.5. The van der Waals surface area contributed by atoms with Crippen LogP contribution in [0.5, 0.6) is 34.5 Å². The summed E-state index contributed by atoms with van der Waals surface area (Å²) >= 11 is 0. The maximum absolute atomic E-state index is 13.8. The molecule has 12 atom stereocenters. The number of ether oxygens (including phenoxy) is 6. The first-order chi connectivity index (χ1) is 40.4. The van der Waals surface area contributed by atoms with Crippen LogP contribution in [0.4, 0.5) is 0 Å². The predicted octanol–water partition coefficient (Wildman–Crippen LogP) is 8.58. The number of piperazine rings is 3. The molecule has 27 heteroatoms. The molecule has 19 rings (SSSR count). The van der Waals surface area contributed by atoms with E-state index in [1.165, 1.54) is 69.7 Å². The molecule has 1 saturated carbocycles. The van der Waals surface area contributed by atoms with E-state index in [0.29, 0.717) is 47.5 Å². The van der Waals surface area contributed by atoms with Crippen molar-refractivity contribution in [2.45, 2.75) is 127 Å². The van der Waals surface area contributed by atoms with Gasteiger partial charge in [-0.1, -0.05) is 89.0 Å². The molecule has 6 amide bonds. The zero-order valence-electron chi connectivity index (χ0n) is 47.0. The number of benzene rings is 3. The fourth-order valence-electron chi connectivity index (χ4n) is 14.5. The van der Waals surface area contributed by atoms with Crippen molar-refractivity contribution in [3.05, 3.63) is 83.9 Å². The van der Waals surface area contributed by atoms with E-state index in [-0.39, 0.29) is 74.7 Å². The molecule has 13 fully saturated rings. The number of likely N-dealkylation sites (N-methyl/N-ethyl adjacent to an activating group) is 1. The van der Waals surface area contributed by atoms with Crippen LogP contribution in [0.15, 0.2) is 67.3 Å². The van der Waals surface area contributed by atoms with E-state index >= 15 is 0 Å². The largest absolute Gasteiger partial charge is 0.454 e. The molecule has 1 aliphatic carbocycles. The normalized spacial score (nSPS) is 38.5. The maximum atomic E-state index is 13.8. The van der Waals surface area contributed by atoms with Gasteiger partial charge in [-0.2, -0.15) is 15.8 Å². The Hall–Kier alpha value is -6.41. The van der Waals surface area contributed by atoms with Crippen molar-refractivity contribution in [3.8, 4) is 52.7 Å². The third-order valence-corrected chi connectivity index (χ3v) is 29.9. The lowest BCUT2D eigenvalue weighted by Gasteiger charge is -2.58. The molecule has 0 radical (unpaired) electrons. The standard InChI is InChI=1S/2C20H19N3O4S2.C18H17N3O4S2/c1-18(9-21)8-20-17(25)22(12-4-5-12)19(2,28-29-20)16(24)23(20)15(18)11-3-6-13-14(7-11)27-10-26-13;1-4-7-22-17(25)20-9-18(2,10-21)15(23(20)16(24)19(22,3)28-29-20)12-5-6-13-14(8-12)27-11-26-13;1-16(8-19)7-18-15(23)20(3)17(2,26-27-18)14(22)21(18)13(16)10-4-5-11-12(6-10)25-9-24-11/h3,6-7,12,15H,4-5,8,10H2,1-2H3;4-6,8,15H,1,7,9,11H2,2-3H3;4-6,13H,7,9H2,1-3H3/t2*15-,18+,19+,20?;13-,16+,17-,18-/m001/s1. The minimum absolute atomic E-state index is 0.0180. The minimum Gasteiger partial charge on any atom is -0.454 e. The second kappa shape index (κ2) is 18.6. The summed E-state index contributed by atoms with van der Waals surface area (Å²) in [6.45, 7) is 15.4. The molecule has 85 heavy (non-hydrogen) atoms. The first-order valence-electron chi connectivity index (χ1n) is 27.5. The van der Waals surface area contributed by atoms with E-state index in [1.54, 1.807) is 58.7 Å².